The number of rotatable bonds is 5. The number of hydrogen-bond donors (Lipinski definition) is 3. The Kier molecular flexibility index (Phi) is 5.37. The lowest BCUT2D eigenvalue weighted by atomic mass is 10.2. The van der Waals surface area contributed by atoms with E-state index in [1.165, 1.54) is 0 Å². The molecule has 7 heteroatoms. The lowest BCUT2D eigenvalue weighted by Gasteiger charge is -2.18. The van der Waals surface area contributed by atoms with Crippen molar-refractivity contribution in [3.05, 3.63) is 54.2 Å². The van der Waals surface area contributed by atoms with Crippen LogP contribution in [0.3, 0.4) is 0 Å². The standard InChI is InChI=1S/C22H24N4O3/c1-2-29-16-10-9-15-13-20(23-19(15)14-16)21(27)24-17-7-3-4-8-18(17)25-22(28)26-11-5-6-12-26/h3-4,7-10,13-14,23H,2,5-6,11-12H2,1H3,(H,24,27)(H,25,28). The van der Waals surface area contributed by atoms with E-state index in [0.717, 1.165) is 42.6 Å². The Bertz CT molecular complexity index is 1040. The maximum Gasteiger partial charge on any atom is 0.321 e. The molecule has 29 heavy (non-hydrogen) atoms. The summed E-state index contributed by atoms with van der Waals surface area (Å²) in [5.74, 6) is 0.478. The van der Waals surface area contributed by atoms with Crippen molar-refractivity contribution in [1.29, 1.82) is 0 Å². The zero-order valence-electron chi connectivity index (χ0n) is 16.3. The Hall–Kier alpha value is -3.48. The van der Waals surface area contributed by atoms with Gasteiger partial charge in [-0.25, -0.2) is 4.79 Å². The van der Waals surface area contributed by atoms with Gasteiger partial charge < -0.3 is 25.3 Å². The summed E-state index contributed by atoms with van der Waals surface area (Å²) >= 11 is 0. The predicted molar refractivity (Wildman–Crippen MR) is 114 cm³/mol. The molecule has 4 rings (SSSR count). The second-order valence-corrected chi connectivity index (χ2v) is 6.99. The highest BCUT2D eigenvalue weighted by atomic mass is 16.5. The average molecular weight is 392 g/mol. The van der Waals surface area contributed by atoms with Gasteiger partial charge in [-0.3, -0.25) is 4.79 Å². The summed E-state index contributed by atoms with van der Waals surface area (Å²) in [5, 5.41) is 6.72. The number of carbonyl (C=O) groups excluding carboxylic acids is 2. The number of H-pyrrole nitrogens is 1. The molecule has 150 valence electrons. The summed E-state index contributed by atoms with van der Waals surface area (Å²) in [7, 11) is 0. The van der Waals surface area contributed by atoms with Crippen LogP contribution in [0.4, 0.5) is 16.2 Å². The van der Waals surface area contributed by atoms with Crippen molar-refractivity contribution >= 4 is 34.2 Å². The van der Waals surface area contributed by atoms with Crippen molar-refractivity contribution in [1.82, 2.24) is 9.88 Å². The smallest absolute Gasteiger partial charge is 0.321 e. The first kappa shape index (κ1) is 18.9. The number of carbonyl (C=O) groups is 2. The molecule has 0 bridgehead atoms. The molecule has 1 aromatic heterocycles. The number of nitrogens with one attached hydrogen (secondary N) is 3. The number of aromatic amines is 1. The quantitative estimate of drug-likeness (QED) is 0.600. The normalized spacial score (nSPS) is 13.5. The maximum absolute atomic E-state index is 12.8. The number of aromatic nitrogens is 1. The van der Waals surface area contributed by atoms with Crippen LogP contribution in [0.1, 0.15) is 30.3 Å². The van der Waals surface area contributed by atoms with Crippen LogP contribution >= 0.6 is 0 Å². The molecule has 1 aliphatic rings. The van der Waals surface area contributed by atoms with Gasteiger partial charge in [-0.15, -0.1) is 0 Å². The Balaban J connectivity index is 1.51. The van der Waals surface area contributed by atoms with E-state index in [9.17, 15) is 9.59 Å². The number of anilines is 2. The molecule has 1 saturated heterocycles. The molecule has 2 heterocycles. The molecule has 3 amide bonds. The van der Waals surface area contributed by atoms with Crippen LogP contribution in [0, 0.1) is 0 Å². The molecule has 1 aliphatic heterocycles. The minimum absolute atomic E-state index is 0.140. The van der Waals surface area contributed by atoms with Gasteiger partial charge in [0, 0.05) is 30.1 Å². The highest BCUT2D eigenvalue weighted by Gasteiger charge is 2.19. The molecule has 0 atom stereocenters. The van der Waals surface area contributed by atoms with Gasteiger partial charge in [-0.1, -0.05) is 12.1 Å². The molecule has 0 spiro atoms. The van der Waals surface area contributed by atoms with E-state index in [4.69, 9.17) is 4.74 Å². The number of amides is 3. The van der Waals surface area contributed by atoms with Gasteiger partial charge in [0.1, 0.15) is 11.4 Å². The van der Waals surface area contributed by atoms with E-state index in [1.54, 1.807) is 23.1 Å². The first-order chi connectivity index (χ1) is 14.1. The van der Waals surface area contributed by atoms with Crippen molar-refractivity contribution in [2.24, 2.45) is 0 Å². The number of nitrogens with zero attached hydrogens (tertiary/aromatic N) is 1. The van der Waals surface area contributed by atoms with Crippen molar-refractivity contribution in [2.75, 3.05) is 30.3 Å². The Morgan fingerprint density at radius 2 is 1.76 bits per heavy atom. The minimum Gasteiger partial charge on any atom is -0.494 e. The highest BCUT2D eigenvalue weighted by molar-refractivity contribution is 6.08. The van der Waals surface area contributed by atoms with E-state index >= 15 is 0 Å². The number of hydrogen-bond acceptors (Lipinski definition) is 3. The second-order valence-electron chi connectivity index (χ2n) is 6.99. The molecular weight excluding hydrogens is 368 g/mol. The third kappa shape index (κ3) is 4.18. The van der Waals surface area contributed by atoms with E-state index in [-0.39, 0.29) is 11.9 Å². The number of fused-ring (bicyclic) bond motifs is 1. The van der Waals surface area contributed by atoms with Crippen LogP contribution in [-0.2, 0) is 0 Å². The molecule has 1 fully saturated rings. The second kappa shape index (κ2) is 8.26. The topological polar surface area (TPSA) is 86.5 Å². The van der Waals surface area contributed by atoms with E-state index < -0.39 is 0 Å². The van der Waals surface area contributed by atoms with E-state index in [2.05, 4.69) is 15.6 Å². The van der Waals surface area contributed by atoms with E-state index in [1.807, 2.05) is 37.3 Å². The third-order valence-corrected chi connectivity index (χ3v) is 4.96. The van der Waals surface area contributed by atoms with Crippen LogP contribution in [0.25, 0.3) is 10.9 Å². The summed E-state index contributed by atoms with van der Waals surface area (Å²) in [5.41, 5.74) is 2.40. The first-order valence-electron chi connectivity index (χ1n) is 9.86. The fourth-order valence-corrected chi connectivity index (χ4v) is 3.49. The lowest BCUT2D eigenvalue weighted by molar-refractivity contribution is 0.102. The van der Waals surface area contributed by atoms with Crippen LogP contribution in [0.2, 0.25) is 0 Å². The number of para-hydroxylation sites is 2. The van der Waals surface area contributed by atoms with Gasteiger partial charge in [-0.2, -0.15) is 0 Å². The first-order valence-corrected chi connectivity index (χ1v) is 9.86. The fraction of sp³-hybridized carbons (Fsp3) is 0.273. The number of ether oxygens (including phenoxy) is 1. The monoisotopic (exact) mass is 392 g/mol. The van der Waals surface area contributed by atoms with Gasteiger partial charge >= 0.3 is 6.03 Å². The summed E-state index contributed by atoms with van der Waals surface area (Å²) < 4.78 is 5.51. The van der Waals surface area contributed by atoms with Crippen molar-refractivity contribution in [3.8, 4) is 5.75 Å². The van der Waals surface area contributed by atoms with Gasteiger partial charge in [0.25, 0.3) is 5.91 Å². The molecule has 0 aliphatic carbocycles. The molecule has 0 saturated carbocycles. The van der Waals surface area contributed by atoms with Gasteiger partial charge in [0.15, 0.2) is 0 Å². The summed E-state index contributed by atoms with van der Waals surface area (Å²) in [4.78, 5) is 30.1. The third-order valence-electron chi connectivity index (χ3n) is 4.96. The summed E-state index contributed by atoms with van der Waals surface area (Å²) in [6, 6.07) is 14.5. The Labute approximate surface area is 169 Å². The van der Waals surface area contributed by atoms with Crippen molar-refractivity contribution in [3.63, 3.8) is 0 Å². The largest absolute Gasteiger partial charge is 0.494 e. The Morgan fingerprint density at radius 3 is 2.48 bits per heavy atom. The van der Waals surface area contributed by atoms with Gasteiger partial charge in [0.05, 0.1) is 18.0 Å². The van der Waals surface area contributed by atoms with Crippen LogP contribution < -0.4 is 15.4 Å². The molecule has 2 aromatic carbocycles. The average Bonchev–Trinajstić information content (AvgIpc) is 3.39. The summed E-state index contributed by atoms with van der Waals surface area (Å²) in [6.45, 7) is 4.04. The highest BCUT2D eigenvalue weighted by Crippen LogP contribution is 2.25. The number of benzene rings is 2. The van der Waals surface area contributed by atoms with Crippen LogP contribution in [0.15, 0.2) is 48.5 Å². The SMILES string of the molecule is CCOc1ccc2cc(C(=O)Nc3ccccc3NC(=O)N3CCCC3)[nH]c2c1. The lowest BCUT2D eigenvalue weighted by Crippen LogP contribution is -2.32. The molecule has 0 radical (unpaired) electrons. The molecule has 0 unspecified atom stereocenters. The summed E-state index contributed by atoms with van der Waals surface area (Å²) in [6.07, 6.45) is 2.05. The van der Waals surface area contributed by atoms with Gasteiger partial charge in [0.2, 0.25) is 0 Å². The van der Waals surface area contributed by atoms with E-state index in [0.29, 0.717) is 23.7 Å². The zero-order chi connectivity index (χ0) is 20.2. The zero-order valence-corrected chi connectivity index (χ0v) is 16.3. The van der Waals surface area contributed by atoms with Crippen LogP contribution in [0.5, 0.6) is 5.75 Å². The predicted octanol–water partition coefficient (Wildman–Crippen LogP) is 4.45. The molecule has 7 nitrogen and oxygen atoms in total. The van der Waals surface area contributed by atoms with Gasteiger partial charge in [-0.05, 0) is 50.1 Å². The molecule has 3 aromatic rings. The molecular formula is C22H24N4O3. The Morgan fingerprint density at radius 1 is 1.03 bits per heavy atom. The molecule has 3 N–H and O–H groups in total. The van der Waals surface area contributed by atoms with Crippen molar-refractivity contribution in [2.45, 2.75) is 19.8 Å². The van der Waals surface area contributed by atoms with Crippen LogP contribution in [-0.4, -0.2) is 41.5 Å². The maximum atomic E-state index is 12.8. The van der Waals surface area contributed by atoms with Crippen molar-refractivity contribution < 1.29 is 14.3 Å². The fourth-order valence-electron chi connectivity index (χ4n) is 3.49. The number of urea groups is 1. The minimum atomic E-state index is -0.276. The number of likely N-dealkylation sites (tertiary alicyclic amines) is 1.